The Morgan fingerprint density at radius 3 is 2.86 bits per heavy atom. The molecule has 2 unspecified atom stereocenters. The molecule has 114 valence electrons. The molecule has 1 amide bonds. The van der Waals surface area contributed by atoms with E-state index in [1.54, 1.807) is 12.4 Å². The first-order valence-corrected chi connectivity index (χ1v) is 7.55. The molecule has 1 aliphatic carbocycles. The summed E-state index contributed by atoms with van der Waals surface area (Å²) in [6.45, 7) is 0.475. The van der Waals surface area contributed by atoms with Gasteiger partial charge in [0.1, 0.15) is 0 Å². The van der Waals surface area contributed by atoms with Gasteiger partial charge >= 0.3 is 5.97 Å². The van der Waals surface area contributed by atoms with Crippen molar-refractivity contribution in [1.29, 1.82) is 0 Å². The van der Waals surface area contributed by atoms with E-state index in [2.05, 4.69) is 10.3 Å². The third-order valence-electron chi connectivity index (χ3n) is 4.15. The highest BCUT2D eigenvalue weighted by atomic mass is 16.4. The minimum absolute atomic E-state index is 0.0198. The van der Waals surface area contributed by atoms with Crippen molar-refractivity contribution in [1.82, 2.24) is 10.3 Å². The highest BCUT2D eigenvalue weighted by Gasteiger charge is 2.30. The molecule has 1 heterocycles. The number of rotatable bonds is 6. The summed E-state index contributed by atoms with van der Waals surface area (Å²) in [5, 5.41) is 12.1. The summed E-state index contributed by atoms with van der Waals surface area (Å²) in [6.07, 6.45) is 8.18. The molecule has 5 nitrogen and oxygen atoms in total. The first-order valence-electron chi connectivity index (χ1n) is 7.55. The molecule has 0 aromatic carbocycles. The van der Waals surface area contributed by atoms with Crippen LogP contribution in [0.5, 0.6) is 0 Å². The number of hydrogen-bond donors (Lipinski definition) is 2. The lowest BCUT2D eigenvalue weighted by Gasteiger charge is -2.28. The zero-order chi connectivity index (χ0) is 15.1. The van der Waals surface area contributed by atoms with Crippen molar-refractivity contribution in [2.24, 2.45) is 11.8 Å². The van der Waals surface area contributed by atoms with Gasteiger partial charge in [-0.15, -0.1) is 0 Å². The number of nitrogens with zero attached hydrogens (tertiary/aromatic N) is 1. The summed E-state index contributed by atoms with van der Waals surface area (Å²) in [4.78, 5) is 27.1. The number of aliphatic carboxylic acids is 1. The van der Waals surface area contributed by atoms with E-state index < -0.39 is 5.97 Å². The Morgan fingerprint density at radius 2 is 2.14 bits per heavy atom. The van der Waals surface area contributed by atoms with E-state index in [1.807, 2.05) is 12.1 Å². The Labute approximate surface area is 124 Å². The van der Waals surface area contributed by atoms with Crippen molar-refractivity contribution < 1.29 is 14.7 Å². The van der Waals surface area contributed by atoms with Gasteiger partial charge in [0.15, 0.2) is 0 Å². The smallest absolute Gasteiger partial charge is 0.306 e. The van der Waals surface area contributed by atoms with Gasteiger partial charge < -0.3 is 10.4 Å². The third kappa shape index (κ3) is 4.85. The van der Waals surface area contributed by atoms with Gasteiger partial charge in [0.05, 0.1) is 5.92 Å². The van der Waals surface area contributed by atoms with E-state index in [0.29, 0.717) is 19.4 Å². The predicted octanol–water partition coefficient (Wildman–Crippen LogP) is 2.02. The van der Waals surface area contributed by atoms with Crippen LogP contribution in [0, 0.1) is 11.8 Å². The Bertz CT molecular complexity index is 476. The van der Waals surface area contributed by atoms with Gasteiger partial charge in [0, 0.05) is 25.4 Å². The summed E-state index contributed by atoms with van der Waals surface area (Å²) in [6, 6.07) is 3.80. The summed E-state index contributed by atoms with van der Waals surface area (Å²) in [5.41, 5.74) is 1.04. The molecule has 5 heteroatoms. The lowest BCUT2D eigenvalue weighted by Crippen LogP contribution is -2.37. The van der Waals surface area contributed by atoms with Crippen molar-refractivity contribution in [3.8, 4) is 0 Å². The predicted molar refractivity (Wildman–Crippen MR) is 78.7 cm³/mol. The van der Waals surface area contributed by atoms with Gasteiger partial charge in [-0.05, 0) is 36.8 Å². The van der Waals surface area contributed by atoms with Crippen LogP contribution in [0.15, 0.2) is 24.5 Å². The average Bonchev–Trinajstić information content (AvgIpc) is 2.52. The molecule has 0 bridgehead atoms. The topological polar surface area (TPSA) is 79.3 Å². The lowest BCUT2D eigenvalue weighted by molar-refractivity contribution is -0.145. The van der Waals surface area contributed by atoms with Crippen LogP contribution in [0.1, 0.15) is 37.7 Å². The number of carbonyl (C=O) groups excluding carboxylic acids is 1. The summed E-state index contributed by atoms with van der Waals surface area (Å²) in [5.74, 6) is -0.992. The Balaban J connectivity index is 1.74. The summed E-state index contributed by atoms with van der Waals surface area (Å²) < 4.78 is 0. The number of carboxylic acid groups (broad SMARTS) is 1. The maximum absolute atomic E-state index is 11.9. The Kier molecular flexibility index (Phi) is 5.72. The first kappa shape index (κ1) is 15.5. The molecule has 1 aliphatic rings. The fraction of sp³-hybridized carbons (Fsp3) is 0.562. The number of nitrogens with one attached hydrogen (secondary N) is 1. The molecule has 0 aliphatic heterocycles. The van der Waals surface area contributed by atoms with E-state index in [-0.39, 0.29) is 17.7 Å². The lowest BCUT2D eigenvalue weighted by atomic mass is 9.79. The Hall–Kier alpha value is -1.91. The first-order chi connectivity index (χ1) is 10.2. The van der Waals surface area contributed by atoms with Gasteiger partial charge in [-0.3, -0.25) is 14.6 Å². The van der Waals surface area contributed by atoms with Crippen LogP contribution >= 0.6 is 0 Å². The van der Waals surface area contributed by atoms with E-state index in [0.717, 1.165) is 31.2 Å². The van der Waals surface area contributed by atoms with E-state index in [4.69, 9.17) is 0 Å². The monoisotopic (exact) mass is 290 g/mol. The van der Waals surface area contributed by atoms with E-state index >= 15 is 0 Å². The largest absolute Gasteiger partial charge is 0.481 e. The van der Waals surface area contributed by atoms with Crippen molar-refractivity contribution in [2.75, 3.05) is 6.54 Å². The van der Waals surface area contributed by atoms with Gasteiger partial charge in [-0.2, -0.15) is 0 Å². The second-order valence-electron chi connectivity index (χ2n) is 5.65. The number of aromatic nitrogens is 1. The second-order valence-corrected chi connectivity index (χ2v) is 5.65. The molecule has 1 fully saturated rings. The van der Waals surface area contributed by atoms with Crippen LogP contribution in [0.3, 0.4) is 0 Å². The molecule has 0 spiro atoms. The summed E-state index contributed by atoms with van der Waals surface area (Å²) >= 11 is 0. The maximum atomic E-state index is 11.9. The van der Waals surface area contributed by atoms with Gasteiger partial charge in [-0.25, -0.2) is 0 Å². The van der Waals surface area contributed by atoms with Crippen LogP contribution in [0.25, 0.3) is 0 Å². The molecule has 1 aromatic heterocycles. The summed E-state index contributed by atoms with van der Waals surface area (Å²) in [7, 11) is 0. The minimum atomic E-state index is -0.732. The average molecular weight is 290 g/mol. The number of amides is 1. The van der Waals surface area contributed by atoms with Gasteiger partial charge in [-0.1, -0.05) is 18.9 Å². The van der Waals surface area contributed by atoms with E-state index in [9.17, 15) is 14.7 Å². The van der Waals surface area contributed by atoms with Crippen LogP contribution in [-0.2, 0) is 16.0 Å². The number of carboxylic acids is 1. The van der Waals surface area contributed by atoms with E-state index in [1.165, 1.54) is 0 Å². The molecular formula is C16H22N2O3. The van der Waals surface area contributed by atoms with Crippen LogP contribution in [0.4, 0.5) is 0 Å². The molecular weight excluding hydrogens is 268 g/mol. The fourth-order valence-electron chi connectivity index (χ4n) is 2.91. The van der Waals surface area contributed by atoms with Crippen LogP contribution < -0.4 is 5.32 Å². The minimum Gasteiger partial charge on any atom is -0.481 e. The standard InChI is InChI=1S/C16H22N2O3/c19-15(8-7-12-4-3-9-17-10-12)18-11-13-5-1-2-6-14(13)16(20)21/h3-4,9-10,13-14H,1-2,5-8,11H2,(H,18,19)(H,20,21). The van der Waals surface area contributed by atoms with Crippen molar-refractivity contribution >= 4 is 11.9 Å². The molecule has 0 radical (unpaired) electrons. The molecule has 2 rings (SSSR count). The molecule has 2 atom stereocenters. The molecule has 0 saturated heterocycles. The zero-order valence-corrected chi connectivity index (χ0v) is 12.1. The quantitative estimate of drug-likeness (QED) is 0.840. The highest BCUT2D eigenvalue weighted by molar-refractivity contribution is 5.76. The SMILES string of the molecule is O=C(CCc1cccnc1)NCC1CCCCC1C(=O)O. The number of carbonyl (C=O) groups is 2. The van der Waals surface area contributed by atoms with Crippen LogP contribution in [-0.4, -0.2) is 28.5 Å². The number of pyridine rings is 1. The zero-order valence-electron chi connectivity index (χ0n) is 12.1. The van der Waals surface area contributed by atoms with Gasteiger partial charge in [0.25, 0.3) is 0 Å². The normalized spacial score (nSPS) is 21.7. The molecule has 1 aromatic rings. The van der Waals surface area contributed by atoms with Crippen LogP contribution in [0.2, 0.25) is 0 Å². The Morgan fingerprint density at radius 1 is 1.33 bits per heavy atom. The molecule has 1 saturated carbocycles. The second kappa shape index (κ2) is 7.76. The fourth-order valence-corrected chi connectivity index (χ4v) is 2.91. The third-order valence-corrected chi connectivity index (χ3v) is 4.15. The number of aryl methyl sites for hydroxylation is 1. The van der Waals surface area contributed by atoms with Crippen molar-refractivity contribution in [3.63, 3.8) is 0 Å². The van der Waals surface area contributed by atoms with Gasteiger partial charge in [0.2, 0.25) is 5.91 Å². The van der Waals surface area contributed by atoms with Crippen molar-refractivity contribution in [3.05, 3.63) is 30.1 Å². The highest BCUT2D eigenvalue weighted by Crippen LogP contribution is 2.29. The molecule has 21 heavy (non-hydrogen) atoms. The number of hydrogen-bond acceptors (Lipinski definition) is 3. The molecule has 2 N–H and O–H groups in total. The van der Waals surface area contributed by atoms with Crippen molar-refractivity contribution in [2.45, 2.75) is 38.5 Å². The maximum Gasteiger partial charge on any atom is 0.306 e.